The summed E-state index contributed by atoms with van der Waals surface area (Å²) < 4.78 is 5.43. The van der Waals surface area contributed by atoms with Gasteiger partial charge in [-0.1, -0.05) is 24.3 Å². The molecule has 0 atom stereocenters. The highest BCUT2D eigenvalue weighted by Crippen LogP contribution is 2.29. The lowest BCUT2D eigenvalue weighted by atomic mass is 9.89. The van der Waals surface area contributed by atoms with E-state index in [0.717, 1.165) is 19.6 Å². The number of carbonyl (C=O) groups is 3. The first-order chi connectivity index (χ1) is 12.1. The molecule has 0 unspecified atom stereocenters. The third-order valence-electron chi connectivity index (χ3n) is 4.74. The molecule has 1 aliphatic heterocycles. The number of carbonyl (C=O) groups excluding carboxylic acids is 3. The molecule has 0 spiro atoms. The largest absolute Gasteiger partial charge is 0.447 e. The predicted molar refractivity (Wildman–Crippen MR) is 90.0 cm³/mol. The summed E-state index contributed by atoms with van der Waals surface area (Å²) in [6.45, 7) is 3.42. The Morgan fingerprint density at radius 2 is 1.72 bits per heavy atom. The summed E-state index contributed by atoms with van der Waals surface area (Å²) in [5.41, 5.74) is 0.825. The highest BCUT2D eigenvalue weighted by Gasteiger charge is 2.34. The van der Waals surface area contributed by atoms with Crippen LogP contribution in [0.25, 0.3) is 0 Å². The molecule has 1 aromatic heterocycles. The molecular weight excluding hydrogens is 320 g/mol. The lowest BCUT2D eigenvalue weighted by molar-refractivity contribution is 0.0910. The van der Waals surface area contributed by atoms with Crippen LogP contribution in [0.3, 0.4) is 0 Å². The van der Waals surface area contributed by atoms with Gasteiger partial charge in [-0.3, -0.25) is 14.4 Å². The number of furan rings is 1. The van der Waals surface area contributed by atoms with E-state index in [2.05, 4.69) is 10.2 Å². The number of hydrogen-bond acceptors (Lipinski definition) is 5. The Morgan fingerprint density at radius 1 is 1.04 bits per heavy atom. The molecule has 4 rings (SSSR count). The molecule has 0 radical (unpaired) electrons. The number of benzene rings is 1. The molecule has 1 saturated heterocycles. The van der Waals surface area contributed by atoms with Gasteiger partial charge in [-0.05, 0) is 25.9 Å². The van der Waals surface area contributed by atoms with E-state index in [1.54, 1.807) is 24.3 Å². The average molecular weight is 338 g/mol. The monoisotopic (exact) mass is 338 g/mol. The van der Waals surface area contributed by atoms with Gasteiger partial charge in [0, 0.05) is 30.3 Å². The molecule has 2 heterocycles. The van der Waals surface area contributed by atoms with E-state index in [0.29, 0.717) is 17.7 Å². The Balaban J connectivity index is 1.50. The first-order valence-corrected chi connectivity index (χ1v) is 8.48. The van der Waals surface area contributed by atoms with Crippen molar-refractivity contribution < 1.29 is 18.8 Å². The van der Waals surface area contributed by atoms with Gasteiger partial charge < -0.3 is 14.6 Å². The second kappa shape index (κ2) is 6.29. The van der Waals surface area contributed by atoms with E-state index in [1.165, 1.54) is 18.9 Å². The second-order valence-electron chi connectivity index (χ2n) is 6.36. The van der Waals surface area contributed by atoms with Gasteiger partial charge in [0.2, 0.25) is 5.78 Å². The maximum Gasteiger partial charge on any atom is 0.287 e. The number of amides is 1. The van der Waals surface area contributed by atoms with Crippen molar-refractivity contribution in [1.29, 1.82) is 0 Å². The number of fused-ring (bicyclic) bond motifs is 2. The molecular formula is C19H18N2O4. The lowest BCUT2D eigenvalue weighted by Gasteiger charge is -2.14. The van der Waals surface area contributed by atoms with E-state index >= 15 is 0 Å². The summed E-state index contributed by atoms with van der Waals surface area (Å²) in [7, 11) is 0. The fraction of sp³-hybridized carbons (Fsp3) is 0.316. The highest BCUT2D eigenvalue weighted by molar-refractivity contribution is 6.27. The van der Waals surface area contributed by atoms with Crippen LogP contribution in [0.1, 0.15) is 55.4 Å². The van der Waals surface area contributed by atoms with Gasteiger partial charge in [0.05, 0.1) is 5.56 Å². The maximum absolute atomic E-state index is 12.5. The Labute approximate surface area is 144 Å². The average Bonchev–Trinajstić information content (AvgIpc) is 3.29. The first kappa shape index (κ1) is 15.8. The third-order valence-corrected chi connectivity index (χ3v) is 4.74. The van der Waals surface area contributed by atoms with Crippen molar-refractivity contribution in [3.63, 3.8) is 0 Å². The van der Waals surface area contributed by atoms with Crippen LogP contribution in [0.5, 0.6) is 0 Å². The number of likely N-dealkylation sites (tertiary alicyclic amines) is 1. The van der Waals surface area contributed by atoms with Crippen LogP contribution in [-0.2, 0) is 0 Å². The van der Waals surface area contributed by atoms with E-state index < -0.39 is 5.91 Å². The van der Waals surface area contributed by atoms with Crippen molar-refractivity contribution in [2.24, 2.45) is 0 Å². The van der Waals surface area contributed by atoms with Crippen LogP contribution in [0.4, 0.5) is 0 Å². The van der Waals surface area contributed by atoms with Gasteiger partial charge in [0.25, 0.3) is 5.91 Å². The number of rotatable bonds is 4. The number of hydrogen-bond donors (Lipinski definition) is 1. The van der Waals surface area contributed by atoms with Gasteiger partial charge in [-0.2, -0.15) is 0 Å². The van der Waals surface area contributed by atoms with Crippen LogP contribution in [0, 0.1) is 0 Å². The van der Waals surface area contributed by atoms with Gasteiger partial charge in [0.15, 0.2) is 17.3 Å². The SMILES string of the molecule is O=C(NCCN1CCCC1)c1cc2c(o1)C(=O)c1ccccc1C2=O. The zero-order chi connectivity index (χ0) is 17.4. The van der Waals surface area contributed by atoms with Crippen LogP contribution < -0.4 is 5.32 Å². The fourth-order valence-electron chi connectivity index (χ4n) is 3.41. The Bertz CT molecular complexity index is 810. The minimum atomic E-state index is -0.404. The Kier molecular flexibility index (Phi) is 3.97. The fourth-order valence-corrected chi connectivity index (χ4v) is 3.41. The molecule has 1 aliphatic carbocycles. The number of ketones is 2. The molecule has 2 aromatic rings. The van der Waals surface area contributed by atoms with E-state index in [9.17, 15) is 14.4 Å². The Morgan fingerprint density at radius 3 is 2.44 bits per heavy atom. The highest BCUT2D eigenvalue weighted by atomic mass is 16.4. The summed E-state index contributed by atoms with van der Waals surface area (Å²) in [6.07, 6.45) is 2.40. The summed E-state index contributed by atoms with van der Waals surface area (Å²) in [5.74, 6) is -1.10. The molecule has 1 amide bonds. The summed E-state index contributed by atoms with van der Waals surface area (Å²) >= 11 is 0. The zero-order valence-electron chi connectivity index (χ0n) is 13.7. The van der Waals surface area contributed by atoms with E-state index in [1.807, 2.05) is 0 Å². The second-order valence-corrected chi connectivity index (χ2v) is 6.36. The minimum Gasteiger partial charge on any atom is -0.447 e. The summed E-state index contributed by atoms with van der Waals surface area (Å²) in [6, 6.07) is 7.99. The quantitative estimate of drug-likeness (QED) is 0.786. The maximum atomic E-state index is 12.5. The van der Waals surface area contributed by atoms with Crippen molar-refractivity contribution in [1.82, 2.24) is 10.2 Å². The molecule has 2 aliphatic rings. The van der Waals surface area contributed by atoms with Crippen molar-refractivity contribution in [2.75, 3.05) is 26.2 Å². The van der Waals surface area contributed by atoms with Gasteiger partial charge in [0.1, 0.15) is 0 Å². The van der Waals surface area contributed by atoms with Crippen LogP contribution in [-0.4, -0.2) is 48.6 Å². The molecule has 0 saturated carbocycles. The molecule has 1 N–H and O–H groups in total. The van der Waals surface area contributed by atoms with Crippen molar-refractivity contribution in [2.45, 2.75) is 12.8 Å². The number of nitrogens with zero attached hydrogens (tertiary/aromatic N) is 1. The molecule has 25 heavy (non-hydrogen) atoms. The predicted octanol–water partition coefficient (Wildman–Crippen LogP) is 1.88. The van der Waals surface area contributed by atoms with E-state index in [4.69, 9.17) is 4.42 Å². The van der Waals surface area contributed by atoms with Crippen LogP contribution in [0.2, 0.25) is 0 Å². The standard InChI is InChI=1S/C19H18N2O4/c22-16-12-5-1-2-6-13(12)17(23)18-14(16)11-15(25-18)19(24)20-7-10-21-8-3-4-9-21/h1-2,5-6,11H,3-4,7-10H2,(H,20,24). The van der Waals surface area contributed by atoms with Gasteiger partial charge in [-0.25, -0.2) is 0 Å². The van der Waals surface area contributed by atoms with Crippen molar-refractivity contribution in [3.05, 3.63) is 58.5 Å². The summed E-state index contributed by atoms with van der Waals surface area (Å²) in [4.78, 5) is 39.6. The smallest absolute Gasteiger partial charge is 0.287 e. The van der Waals surface area contributed by atoms with Gasteiger partial charge >= 0.3 is 0 Å². The normalized spacial score (nSPS) is 16.6. The first-order valence-electron chi connectivity index (χ1n) is 8.48. The molecule has 128 valence electrons. The van der Waals surface area contributed by atoms with Gasteiger partial charge in [-0.15, -0.1) is 0 Å². The number of nitrogens with one attached hydrogen (secondary N) is 1. The molecule has 6 heteroatoms. The van der Waals surface area contributed by atoms with E-state index in [-0.39, 0.29) is 28.7 Å². The molecule has 0 bridgehead atoms. The molecule has 6 nitrogen and oxygen atoms in total. The lowest BCUT2D eigenvalue weighted by Crippen LogP contribution is -2.33. The zero-order valence-corrected chi connectivity index (χ0v) is 13.7. The molecule has 1 aromatic carbocycles. The minimum absolute atomic E-state index is 0.000859. The van der Waals surface area contributed by atoms with Crippen molar-refractivity contribution in [3.8, 4) is 0 Å². The molecule has 1 fully saturated rings. The summed E-state index contributed by atoms with van der Waals surface area (Å²) in [5, 5.41) is 2.79. The van der Waals surface area contributed by atoms with Crippen LogP contribution in [0.15, 0.2) is 34.7 Å². The topological polar surface area (TPSA) is 79.6 Å². The van der Waals surface area contributed by atoms with Crippen LogP contribution >= 0.6 is 0 Å². The third kappa shape index (κ3) is 2.78. The Hall–Kier alpha value is -2.73. The van der Waals surface area contributed by atoms with Crippen molar-refractivity contribution >= 4 is 17.5 Å².